The molecule has 4 rings (SSSR count). The van der Waals surface area contributed by atoms with E-state index >= 15 is 0 Å². The van der Waals surface area contributed by atoms with Crippen molar-refractivity contribution in [2.45, 2.75) is 25.4 Å². The van der Waals surface area contributed by atoms with Crippen LogP contribution in [0.1, 0.15) is 18.5 Å². The summed E-state index contributed by atoms with van der Waals surface area (Å²) >= 11 is 6.48. The quantitative estimate of drug-likeness (QED) is 0.649. The molecule has 31 heavy (non-hydrogen) atoms. The van der Waals surface area contributed by atoms with Crippen molar-refractivity contribution >= 4 is 23.1 Å². The monoisotopic (exact) mass is 443 g/mol. The van der Waals surface area contributed by atoms with Gasteiger partial charge in [-0.3, -0.25) is 9.78 Å². The van der Waals surface area contributed by atoms with Gasteiger partial charge in [-0.25, -0.2) is 0 Å². The molecule has 0 aliphatic carbocycles. The summed E-state index contributed by atoms with van der Waals surface area (Å²) in [5.41, 5.74) is 3.69. The van der Waals surface area contributed by atoms with Crippen molar-refractivity contribution in [1.82, 2.24) is 10.3 Å². The summed E-state index contributed by atoms with van der Waals surface area (Å²) in [4.78, 5) is 17.2. The number of halogens is 1. The largest absolute Gasteiger partial charge is 0.385 e. The smallest absolute Gasteiger partial charge is 0.145 e. The maximum absolute atomic E-state index is 12.8. The van der Waals surface area contributed by atoms with Crippen LogP contribution in [-0.2, 0) is 20.7 Å². The molecule has 166 valence electrons. The Morgan fingerprint density at radius 2 is 2.13 bits per heavy atom. The zero-order valence-electron chi connectivity index (χ0n) is 17.9. The van der Waals surface area contributed by atoms with Crippen LogP contribution in [0.5, 0.6) is 0 Å². The lowest BCUT2D eigenvalue weighted by atomic mass is 9.96. The molecule has 1 aromatic heterocycles. The van der Waals surface area contributed by atoms with Gasteiger partial charge in [0.15, 0.2) is 0 Å². The van der Waals surface area contributed by atoms with Gasteiger partial charge in [-0.1, -0.05) is 23.7 Å². The molecule has 1 aromatic carbocycles. The van der Waals surface area contributed by atoms with Gasteiger partial charge in [0.05, 0.1) is 17.0 Å². The Bertz CT molecular complexity index is 901. The van der Waals surface area contributed by atoms with E-state index in [9.17, 15) is 4.79 Å². The number of methoxy groups -OCH3 is 1. The molecule has 3 heterocycles. The van der Waals surface area contributed by atoms with E-state index < -0.39 is 0 Å². The summed E-state index contributed by atoms with van der Waals surface area (Å²) in [6.07, 6.45) is 4.04. The first-order valence-electron chi connectivity index (χ1n) is 11.0. The zero-order chi connectivity index (χ0) is 21.6. The molecule has 2 N–H and O–H groups in total. The van der Waals surface area contributed by atoms with Crippen LogP contribution in [-0.4, -0.2) is 56.8 Å². The molecule has 0 saturated carbocycles. The fourth-order valence-electron chi connectivity index (χ4n) is 4.34. The maximum Gasteiger partial charge on any atom is 0.145 e. The average Bonchev–Trinajstić information content (AvgIpc) is 3.29. The highest BCUT2D eigenvalue weighted by Gasteiger charge is 2.32. The van der Waals surface area contributed by atoms with Crippen molar-refractivity contribution in [3.63, 3.8) is 0 Å². The molecule has 2 aromatic rings. The second-order valence-electron chi connectivity index (χ2n) is 8.35. The van der Waals surface area contributed by atoms with Crippen LogP contribution < -0.4 is 10.6 Å². The number of aromatic nitrogens is 1. The van der Waals surface area contributed by atoms with Crippen LogP contribution in [0.4, 0.5) is 5.69 Å². The molecule has 0 bridgehead atoms. The molecule has 0 spiro atoms. The van der Waals surface area contributed by atoms with Crippen molar-refractivity contribution in [3.05, 3.63) is 47.2 Å². The third kappa shape index (κ3) is 5.63. The number of benzene rings is 1. The van der Waals surface area contributed by atoms with E-state index in [0.717, 1.165) is 55.1 Å². The Morgan fingerprint density at radius 1 is 1.29 bits per heavy atom. The van der Waals surface area contributed by atoms with Gasteiger partial charge >= 0.3 is 0 Å². The number of rotatable bonds is 8. The second kappa shape index (κ2) is 10.6. The van der Waals surface area contributed by atoms with E-state index in [1.807, 2.05) is 18.2 Å². The third-order valence-electron chi connectivity index (χ3n) is 6.25. The zero-order valence-corrected chi connectivity index (χ0v) is 18.7. The summed E-state index contributed by atoms with van der Waals surface area (Å²) in [7, 11) is 1.65. The van der Waals surface area contributed by atoms with Crippen LogP contribution in [0.3, 0.4) is 0 Å². The number of carbonyl (C=O) groups is 1. The minimum atomic E-state index is -0.136. The molecule has 2 fully saturated rings. The first-order valence-corrected chi connectivity index (χ1v) is 11.3. The highest BCUT2D eigenvalue weighted by molar-refractivity contribution is 6.33. The Labute approximate surface area is 188 Å². The summed E-state index contributed by atoms with van der Waals surface area (Å²) in [5, 5.41) is 7.36. The fourth-order valence-corrected chi connectivity index (χ4v) is 4.55. The first kappa shape index (κ1) is 22.2. The van der Waals surface area contributed by atoms with E-state index in [-0.39, 0.29) is 24.2 Å². The number of pyridine rings is 1. The molecular weight excluding hydrogens is 414 g/mol. The van der Waals surface area contributed by atoms with E-state index in [1.165, 1.54) is 0 Å². The first-order chi connectivity index (χ1) is 15.1. The average molecular weight is 444 g/mol. The summed E-state index contributed by atoms with van der Waals surface area (Å²) < 4.78 is 10.9. The van der Waals surface area contributed by atoms with Crippen molar-refractivity contribution in [1.29, 1.82) is 0 Å². The summed E-state index contributed by atoms with van der Waals surface area (Å²) in [6.45, 7) is 4.00. The summed E-state index contributed by atoms with van der Waals surface area (Å²) in [6, 6.07) is 10.2. The van der Waals surface area contributed by atoms with Gasteiger partial charge in [0.25, 0.3) is 0 Å². The number of hydrogen-bond acceptors (Lipinski definition) is 6. The van der Waals surface area contributed by atoms with E-state index in [4.69, 9.17) is 21.1 Å². The Kier molecular flexibility index (Phi) is 7.56. The highest BCUT2D eigenvalue weighted by Crippen LogP contribution is 2.30. The molecule has 2 atom stereocenters. The minimum Gasteiger partial charge on any atom is -0.385 e. The Hall–Kier alpha value is -1.99. The molecule has 2 saturated heterocycles. The van der Waals surface area contributed by atoms with Crippen molar-refractivity contribution < 1.29 is 14.3 Å². The number of ether oxygens (including phenoxy) is 2. The van der Waals surface area contributed by atoms with Crippen LogP contribution in [0.15, 0.2) is 36.5 Å². The molecule has 2 aliphatic rings. The molecule has 6 nitrogen and oxygen atoms in total. The molecular formula is C24H30ClN3O3. The number of anilines is 1. The number of ketones is 1. The number of carbonyl (C=O) groups excluding carboxylic acids is 1. The lowest BCUT2D eigenvalue weighted by molar-refractivity contribution is -0.124. The van der Waals surface area contributed by atoms with E-state index in [0.29, 0.717) is 24.0 Å². The molecule has 7 heteroatoms. The highest BCUT2D eigenvalue weighted by atomic mass is 35.5. The van der Waals surface area contributed by atoms with Gasteiger partial charge in [-0.05, 0) is 42.5 Å². The van der Waals surface area contributed by atoms with Crippen molar-refractivity contribution in [2.75, 3.05) is 45.3 Å². The number of hydrogen-bond donors (Lipinski definition) is 2. The topological polar surface area (TPSA) is 72.5 Å². The second-order valence-corrected chi connectivity index (χ2v) is 8.76. The van der Waals surface area contributed by atoms with Gasteiger partial charge in [-0.15, -0.1) is 0 Å². The van der Waals surface area contributed by atoms with Gasteiger partial charge in [0, 0.05) is 69.5 Å². The molecule has 0 amide bonds. The minimum absolute atomic E-state index is 0.0715. The predicted octanol–water partition coefficient (Wildman–Crippen LogP) is 3.59. The van der Waals surface area contributed by atoms with Crippen molar-refractivity contribution in [3.8, 4) is 11.1 Å². The van der Waals surface area contributed by atoms with Crippen LogP contribution in [0, 0.1) is 11.8 Å². The lowest BCUT2D eigenvalue weighted by Gasteiger charge is -2.22. The number of nitrogens with zero attached hydrogens (tertiary/aromatic N) is 1. The normalized spacial score (nSPS) is 21.9. The SMILES string of the molecule is CO[C@H]1CNC[C@@H]1C(=O)Cc1cc(-c2cccc(NCC3CCOCC3)c2)c(Cl)cn1. The van der Waals surface area contributed by atoms with Crippen LogP contribution in [0.2, 0.25) is 5.02 Å². The number of nitrogens with one attached hydrogen (secondary N) is 2. The lowest BCUT2D eigenvalue weighted by Crippen LogP contribution is -2.29. The van der Waals surface area contributed by atoms with Gasteiger partial charge in [-0.2, -0.15) is 0 Å². The van der Waals surface area contributed by atoms with Crippen LogP contribution in [0.25, 0.3) is 11.1 Å². The molecule has 0 unspecified atom stereocenters. The van der Waals surface area contributed by atoms with Gasteiger partial charge < -0.3 is 20.1 Å². The van der Waals surface area contributed by atoms with E-state index in [1.54, 1.807) is 13.3 Å². The van der Waals surface area contributed by atoms with Crippen molar-refractivity contribution in [2.24, 2.45) is 11.8 Å². The fraction of sp³-hybridized carbons (Fsp3) is 0.500. The standard InChI is InChI=1S/C24H30ClN3O3/c1-30-24-15-26-13-21(24)23(29)11-19-10-20(22(25)14-28-19)17-3-2-4-18(9-17)27-12-16-5-7-31-8-6-16/h2-4,9-10,14,16,21,24,26-27H,5-8,11-13,15H2,1H3/t21-,24+/m1/s1. The van der Waals surface area contributed by atoms with Crippen LogP contribution >= 0.6 is 11.6 Å². The van der Waals surface area contributed by atoms with Gasteiger partial charge in [0.2, 0.25) is 0 Å². The van der Waals surface area contributed by atoms with Gasteiger partial charge in [0.1, 0.15) is 5.78 Å². The van der Waals surface area contributed by atoms with E-state index in [2.05, 4.69) is 27.8 Å². The maximum atomic E-state index is 12.8. The summed E-state index contributed by atoms with van der Waals surface area (Å²) in [5.74, 6) is 0.647. The third-order valence-corrected chi connectivity index (χ3v) is 6.55. The Morgan fingerprint density at radius 3 is 2.94 bits per heavy atom. The Balaban J connectivity index is 1.46. The molecule has 2 aliphatic heterocycles. The number of Topliss-reactive ketones (excluding diaryl/α,β-unsaturated/α-hetero) is 1. The predicted molar refractivity (Wildman–Crippen MR) is 123 cm³/mol. The molecule has 0 radical (unpaired) electrons.